The van der Waals surface area contributed by atoms with Crippen LogP contribution in [0.1, 0.15) is 33.6 Å². The van der Waals surface area contributed by atoms with Gasteiger partial charge in [-0.1, -0.05) is 39.0 Å². The minimum atomic E-state index is -4.64. The van der Waals surface area contributed by atoms with Gasteiger partial charge in [0.05, 0.1) is 11.6 Å². The highest BCUT2D eigenvalue weighted by Crippen LogP contribution is 2.66. The number of hydrogen-bond acceptors (Lipinski definition) is 3. The van der Waals surface area contributed by atoms with Crippen LogP contribution in [-0.2, 0) is 4.79 Å². The van der Waals surface area contributed by atoms with E-state index in [1.165, 1.54) is 0 Å². The van der Waals surface area contributed by atoms with Crippen molar-refractivity contribution in [2.45, 2.75) is 39.8 Å². The number of hydrazone groups is 1. The van der Waals surface area contributed by atoms with Crippen LogP contribution in [0.15, 0.2) is 35.4 Å². The number of fused-ring (bicyclic) bond motifs is 2. The summed E-state index contributed by atoms with van der Waals surface area (Å²) in [4.78, 5) is 12.8. The van der Waals surface area contributed by atoms with Gasteiger partial charge in [-0.3, -0.25) is 10.2 Å². The van der Waals surface area contributed by atoms with Crippen LogP contribution in [0.2, 0.25) is 0 Å². The standard InChI is InChI=1S/C18H21F3N2O/c1-16(2)12-9-10-17(16,3)15(24)13(12)14(18(19,20)21)23-22-11-7-5-4-6-8-11/h4-8,12-13,22H,9-10H2,1-3H3/b23-14+/t12-,13+,17-/m1/s1. The van der Waals surface area contributed by atoms with Crippen LogP contribution < -0.4 is 5.43 Å². The molecular weight excluding hydrogens is 317 g/mol. The molecule has 1 aromatic carbocycles. The molecule has 1 N–H and O–H groups in total. The van der Waals surface area contributed by atoms with E-state index in [2.05, 4.69) is 10.5 Å². The largest absolute Gasteiger partial charge is 0.431 e. The molecule has 2 bridgehead atoms. The Morgan fingerprint density at radius 2 is 1.83 bits per heavy atom. The van der Waals surface area contributed by atoms with E-state index in [1.807, 2.05) is 13.8 Å². The number of benzene rings is 1. The predicted octanol–water partition coefficient (Wildman–Crippen LogP) is 4.66. The van der Waals surface area contributed by atoms with E-state index in [-0.39, 0.29) is 11.7 Å². The summed E-state index contributed by atoms with van der Waals surface area (Å²) >= 11 is 0. The predicted molar refractivity (Wildman–Crippen MR) is 86.7 cm³/mol. The van der Waals surface area contributed by atoms with Crippen LogP contribution in [0.3, 0.4) is 0 Å². The topological polar surface area (TPSA) is 41.5 Å². The molecule has 0 unspecified atom stereocenters. The van der Waals surface area contributed by atoms with E-state index in [0.717, 1.165) is 0 Å². The van der Waals surface area contributed by atoms with Crippen LogP contribution in [0.4, 0.5) is 18.9 Å². The third-order valence-corrected chi connectivity index (χ3v) is 6.20. The van der Waals surface area contributed by atoms with Crippen molar-refractivity contribution in [1.82, 2.24) is 0 Å². The fraction of sp³-hybridized carbons (Fsp3) is 0.556. The molecule has 0 radical (unpaired) electrons. The zero-order valence-corrected chi connectivity index (χ0v) is 13.9. The number of carbonyl (C=O) groups excluding carboxylic acids is 1. The Kier molecular flexibility index (Phi) is 3.77. The van der Waals surface area contributed by atoms with Gasteiger partial charge in [-0.25, -0.2) is 0 Å². The molecule has 0 aliphatic heterocycles. The zero-order chi connectivity index (χ0) is 17.8. The Morgan fingerprint density at radius 3 is 2.33 bits per heavy atom. The van der Waals surface area contributed by atoms with Gasteiger partial charge in [0.15, 0.2) is 5.71 Å². The monoisotopic (exact) mass is 338 g/mol. The lowest BCUT2D eigenvalue weighted by Crippen LogP contribution is -2.41. The summed E-state index contributed by atoms with van der Waals surface area (Å²) in [5, 5.41) is 3.63. The van der Waals surface area contributed by atoms with Crippen LogP contribution >= 0.6 is 0 Å². The highest BCUT2D eigenvalue weighted by molar-refractivity contribution is 6.12. The lowest BCUT2D eigenvalue weighted by molar-refractivity contribution is -0.131. The Labute approximate surface area is 139 Å². The first-order chi connectivity index (χ1) is 11.1. The van der Waals surface area contributed by atoms with Crippen molar-refractivity contribution in [3.05, 3.63) is 30.3 Å². The second-order valence-corrected chi connectivity index (χ2v) is 7.51. The molecule has 0 spiro atoms. The lowest BCUT2D eigenvalue weighted by Gasteiger charge is -2.32. The maximum Gasteiger partial charge on any atom is 0.431 e. The summed E-state index contributed by atoms with van der Waals surface area (Å²) in [6.45, 7) is 5.61. The Hall–Kier alpha value is -1.85. The van der Waals surface area contributed by atoms with Gasteiger partial charge in [0.2, 0.25) is 0 Å². The SMILES string of the molecule is CC1(C)[C@@H]2CC[C@]1(C)C(=O)[C@@H]2/C(=N\Nc1ccccc1)C(F)(F)F. The maximum atomic E-state index is 13.6. The first-order valence-electron chi connectivity index (χ1n) is 8.09. The van der Waals surface area contributed by atoms with Crippen molar-refractivity contribution in [2.75, 3.05) is 5.43 Å². The van der Waals surface area contributed by atoms with E-state index >= 15 is 0 Å². The number of hydrogen-bond donors (Lipinski definition) is 1. The quantitative estimate of drug-likeness (QED) is 0.643. The molecule has 24 heavy (non-hydrogen) atoms. The van der Waals surface area contributed by atoms with Crippen molar-refractivity contribution in [2.24, 2.45) is 27.8 Å². The summed E-state index contributed by atoms with van der Waals surface area (Å²) in [6.07, 6.45) is -3.36. The Morgan fingerprint density at radius 1 is 1.21 bits per heavy atom. The van der Waals surface area contributed by atoms with Crippen molar-refractivity contribution in [3.8, 4) is 0 Å². The number of anilines is 1. The molecule has 3 rings (SSSR count). The summed E-state index contributed by atoms with van der Waals surface area (Å²) < 4.78 is 40.9. The number of nitrogens with zero attached hydrogens (tertiary/aromatic N) is 1. The average molecular weight is 338 g/mol. The third kappa shape index (κ3) is 2.34. The minimum Gasteiger partial charge on any atom is -0.298 e. The number of nitrogens with one attached hydrogen (secondary N) is 1. The smallest absolute Gasteiger partial charge is 0.298 e. The average Bonchev–Trinajstić information content (AvgIpc) is 2.81. The Bertz CT molecular complexity index is 681. The van der Waals surface area contributed by atoms with Crippen molar-refractivity contribution in [3.63, 3.8) is 0 Å². The van der Waals surface area contributed by atoms with E-state index in [0.29, 0.717) is 18.5 Å². The molecule has 2 aliphatic rings. The van der Waals surface area contributed by atoms with Crippen molar-refractivity contribution in [1.29, 1.82) is 0 Å². The van der Waals surface area contributed by atoms with Crippen LogP contribution in [0.25, 0.3) is 0 Å². The molecule has 0 saturated heterocycles. The molecule has 6 heteroatoms. The second-order valence-electron chi connectivity index (χ2n) is 7.51. The van der Waals surface area contributed by atoms with Gasteiger partial charge >= 0.3 is 6.18 Å². The summed E-state index contributed by atoms with van der Waals surface area (Å²) in [6, 6.07) is 8.44. The number of para-hydroxylation sites is 1. The molecular formula is C18H21F3N2O. The summed E-state index contributed by atoms with van der Waals surface area (Å²) in [7, 11) is 0. The van der Waals surface area contributed by atoms with Gasteiger partial charge in [0, 0.05) is 5.41 Å². The van der Waals surface area contributed by atoms with Crippen LogP contribution in [0, 0.1) is 22.7 Å². The van der Waals surface area contributed by atoms with Gasteiger partial charge in [-0.15, -0.1) is 0 Å². The van der Waals surface area contributed by atoms with Crippen LogP contribution in [0.5, 0.6) is 0 Å². The first-order valence-corrected chi connectivity index (χ1v) is 8.09. The second kappa shape index (κ2) is 5.33. The summed E-state index contributed by atoms with van der Waals surface area (Å²) in [5.41, 5.74) is 0.762. The third-order valence-electron chi connectivity index (χ3n) is 6.20. The number of alkyl halides is 3. The number of Topliss-reactive ketones (excluding diaryl/α,β-unsaturated/α-hetero) is 1. The zero-order valence-electron chi connectivity index (χ0n) is 13.9. The highest BCUT2D eigenvalue weighted by Gasteiger charge is 2.69. The maximum absolute atomic E-state index is 13.6. The number of carbonyl (C=O) groups is 1. The molecule has 1 aromatic rings. The van der Waals surface area contributed by atoms with E-state index in [1.54, 1.807) is 37.3 Å². The molecule has 130 valence electrons. The molecule has 2 aliphatic carbocycles. The lowest BCUT2D eigenvalue weighted by atomic mass is 9.70. The molecule has 2 saturated carbocycles. The molecule has 3 atom stereocenters. The van der Waals surface area contributed by atoms with Gasteiger partial charge in [0.25, 0.3) is 0 Å². The van der Waals surface area contributed by atoms with E-state index in [4.69, 9.17) is 0 Å². The molecule has 0 heterocycles. The van der Waals surface area contributed by atoms with Crippen molar-refractivity contribution < 1.29 is 18.0 Å². The molecule has 3 nitrogen and oxygen atoms in total. The molecule has 0 amide bonds. The number of rotatable bonds is 3. The van der Waals surface area contributed by atoms with Gasteiger partial charge in [-0.05, 0) is 36.3 Å². The molecule has 0 aromatic heterocycles. The van der Waals surface area contributed by atoms with Gasteiger partial charge < -0.3 is 0 Å². The highest BCUT2D eigenvalue weighted by atomic mass is 19.4. The van der Waals surface area contributed by atoms with E-state index in [9.17, 15) is 18.0 Å². The van der Waals surface area contributed by atoms with Gasteiger partial charge in [-0.2, -0.15) is 18.3 Å². The number of ketones is 1. The Balaban J connectivity index is 1.98. The fourth-order valence-corrected chi connectivity index (χ4v) is 4.35. The normalized spacial score (nSPS) is 32.2. The fourth-order valence-electron chi connectivity index (χ4n) is 4.35. The first kappa shape index (κ1) is 17.0. The van der Waals surface area contributed by atoms with Gasteiger partial charge in [0.1, 0.15) is 5.78 Å². The molecule has 2 fully saturated rings. The summed E-state index contributed by atoms with van der Waals surface area (Å²) in [5.74, 6) is -1.84. The van der Waals surface area contributed by atoms with Crippen LogP contribution in [-0.4, -0.2) is 17.7 Å². The minimum absolute atomic E-state index is 0.324. The number of halogens is 3. The van der Waals surface area contributed by atoms with Crippen molar-refractivity contribution >= 4 is 17.2 Å². The van der Waals surface area contributed by atoms with E-state index < -0.39 is 28.6 Å².